The van der Waals surface area contributed by atoms with Gasteiger partial charge in [0.25, 0.3) is 0 Å². The quantitative estimate of drug-likeness (QED) is 0.438. The lowest BCUT2D eigenvalue weighted by atomic mass is 10.3. The SMILES string of the molecule is O=C(OCC(Cl)(Cl)Cl)c1cc(O)n(O)c1O. The minimum Gasteiger partial charge on any atom is -0.492 e. The lowest BCUT2D eigenvalue weighted by Gasteiger charge is -2.10. The first kappa shape index (κ1) is 13.1. The highest BCUT2D eigenvalue weighted by Gasteiger charge is 2.26. The van der Waals surface area contributed by atoms with Crippen LogP contribution in [0.2, 0.25) is 0 Å². The van der Waals surface area contributed by atoms with E-state index in [0.717, 1.165) is 6.07 Å². The summed E-state index contributed by atoms with van der Waals surface area (Å²) in [5, 5.41) is 27.1. The van der Waals surface area contributed by atoms with Crippen molar-refractivity contribution < 1.29 is 25.0 Å². The average Bonchev–Trinajstić information content (AvgIpc) is 2.41. The van der Waals surface area contributed by atoms with Gasteiger partial charge in [0.05, 0.1) is 0 Å². The molecule has 0 radical (unpaired) electrons. The van der Waals surface area contributed by atoms with Gasteiger partial charge in [-0.25, -0.2) is 4.79 Å². The first-order chi connectivity index (χ1) is 7.22. The van der Waals surface area contributed by atoms with Crippen molar-refractivity contribution in [3.63, 3.8) is 0 Å². The Morgan fingerprint density at radius 2 is 2.00 bits per heavy atom. The van der Waals surface area contributed by atoms with Crippen LogP contribution in [0.3, 0.4) is 0 Å². The summed E-state index contributed by atoms with van der Waals surface area (Å²) < 4.78 is 2.73. The predicted molar refractivity (Wildman–Crippen MR) is 55.5 cm³/mol. The van der Waals surface area contributed by atoms with Gasteiger partial charge in [-0.15, -0.1) is 4.73 Å². The Morgan fingerprint density at radius 1 is 1.44 bits per heavy atom. The Labute approximate surface area is 104 Å². The second kappa shape index (κ2) is 4.48. The number of alkyl halides is 3. The van der Waals surface area contributed by atoms with E-state index < -0.39 is 33.7 Å². The number of rotatable bonds is 2. The minimum atomic E-state index is -1.78. The number of ether oxygens (including phenoxy) is 1. The average molecular weight is 290 g/mol. The third-order valence-corrected chi connectivity index (χ3v) is 1.85. The minimum absolute atomic E-state index is 0.00588. The summed E-state index contributed by atoms with van der Waals surface area (Å²) in [6.45, 7) is -0.534. The van der Waals surface area contributed by atoms with Crippen LogP contribution in [0.25, 0.3) is 0 Å². The normalized spacial score (nSPS) is 11.4. The number of hydrogen-bond acceptors (Lipinski definition) is 5. The zero-order chi connectivity index (χ0) is 12.5. The van der Waals surface area contributed by atoms with Crippen LogP contribution >= 0.6 is 34.8 Å². The molecule has 0 fully saturated rings. The van der Waals surface area contributed by atoms with Crippen LogP contribution in [0.5, 0.6) is 11.8 Å². The molecule has 0 aliphatic heterocycles. The zero-order valence-corrected chi connectivity index (χ0v) is 9.79. The molecule has 90 valence electrons. The number of halogens is 3. The van der Waals surface area contributed by atoms with Gasteiger partial charge in [0.1, 0.15) is 12.2 Å². The van der Waals surface area contributed by atoms with Crippen molar-refractivity contribution in [2.45, 2.75) is 3.79 Å². The third kappa shape index (κ3) is 3.01. The summed E-state index contributed by atoms with van der Waals surface area (Å²) in [5.74, 6) is -2.64. The number of esters is 1. The Morgan fingerprint density at radius 3 is 2.38 bits per heavy atom. The predicted octanol–water partition coefficient (Wildman–Crippen LogP) is 1.66. The summed E-state index contributed by atoms with van der Waals surface area (Å²) in [6.07, 6.45) is 0. The molecule has 0 spiro atoms. The molecule has 0 aliphatic rings. The Bertz CT molecular complexity index is 411. The summed E-state index contributed by atoms with van der Waals surface area (Å²) >= 11 is 16.0. The van der Waals surface area contributed by atoms with Crippen LogP contribution < -0.4 is 0 Å². The monoisotopic (exact) mass is 289 g/mol. The first-order valence-electron chi connectivity index (χ1n) is 3.79. The molecule has 0 bridgehead atoms. The van der Waals surface area contributed by atoms with Crippen LogP contribution in [0.4, 0.5) is 0 Å². The number of carbonyl (C=O) groups excluding carboxylic acids is 1. The highest BCUT2D eigenvalue weighted by molar-refractivity contribution is 6.67. The van der Waals surface area contributed by atoms with E-state index >= 15 is 0 Å². The van der Waals surface area contributed by atoms with E-state index in [-0.39, 0.29) is 4.73 Å². The summed E-state index contributed by atoms with van der Waals surface area (Å²) in [4.78, 5) is 11.3. The lowest BCUT2D eigenvalue weighted by Crippen LogP contribution is -2.17. The fourth-order valence-electron chi connectivity index (χ4n) is 0.853. The Kier molecular flexibility index (Phi) is 3.67. The molecule has 9 heteroatoms. The van der Waals surface area contributed by atoms with E-state index in [1.165, 1.54) is 0 Å². The Balaban J connectivity index is 2.78. The maximum absolute atomic E-state index is 11.3. The van der Waals surface area contributed by atoms with Crippen molar-refractivity contribution in [2.24, 2.45) is 0 Å². The molecular weight excluding hydrogens is 284 g/mol. The summed E-state index contributed by atoms with van der Waals surface area (Å²) in [7, 11) is 0. The van der Waals surface area contributed by atoms with E-state index in [1.807, 2.05) is 0 Å². The molecule has 1 rings (SSSR count). The van der Waals surface area contributed by atoms with E-state index in [1.54, 1.807) is 0 Å². The third-order valence-electron chi connectivity index (χ3n) is 1.52. The molecule has 1 aromatic heterocycles. The second-order valence-corrected chi connectivity index (χ2v) is 5.26. The number of nitrogens with zero attached hydrogens (tertiary/aromatic N) is 1. The number of aromatic hydroxyl groups is 2. The van der Waals surface area contributed by atoms with E-state index in [0.29, 0.717) is 0 Å². The first-order valence-corrected chi connectivity index (χ1v) is 4.92. The van der Waals surface area contributed by atoms with E-state index in [2.05, 4.69) is 4.74 Å². The van der Waals surface area contributed by atoms with Gasteiger partial charge in [0, 0.05) is 6.07 Å². The fourth-order valence-corrected chi connectivity index (χ4v) is 1.02. The van der Waals surface area contributed by atoms with Crippen molar-refractivity contribution in [2.75, 3.05) is 6.61 Å². The summed E-state index contributed by atoms with van der Waals surface area (Å²) in [5.41, 5.74) is -0.450. The van der Waals surface area contributed by atoms with Crippen LogP contribution in [0, 0.1) is 0 Å². The molecule has 1 heterocycles. The number of aromatic nitrogens is 1. The molecule has 0 aromatic carbocycles. The van der Waals surface area contributed by atoms with Crippen LogP contribution in [-0.2, 0) is 4.74 Å². The lowest BCUT2D eigenvalue weighted by molar-refractivity contribution is 0.0503. The molecule has 16 heavy (non-hydrogen) atoms. The van der Waals surface area contributed by atoms with Gasteiger partial charge in [-0.3, -0.25) is 0 Å². The fraction of sp³-hybridized carbons (Fsp3) is 0.286. The van der Waals surface area contributed by atoms with Crippen LogP contribution in [0.1, 0.15) is 10.4 Å². The highest BCUT2D eigenvalue weighted by Crippen LogP contribution is 2.29. The maximum Gasteiger partial charge on any atom is 0.344 e. The number of carbonyl (C=O) groups is 1. The summed E-state index contributed by atoms with van der Waals surface area (Å²) in [6, 6.07) is 0.802. The van der Waals surface area contributed by atoms with Crippen molar-refractivity contribution in [3.8, 4) is 11.8 Å². The van der Waals surface area contributed by atoms with Gasteiger partial charge < -0.3 is 20.2 Å². The van der Waals surface area contributed by atoms with Gasteiger partial charge in [0.15, 0.2) is 0 Å². The van der Waals surface area contributed by atoms with Gasteiger partial charge in [-0.05, 0) is 0 Å². The smallest absolute Gasteiger partial charge is 0.344 e. The molecule has 3 N–H and O–H groups in total. The van der Waals surface area contributed by atoms with Crippen LogP contribution in [0.15, 0.2) is 6.07 Å². The molecule has 0 atom stereocenters. The topological polar surface area (TPSA) is 91.9 Å². The molecule has 0 saturated carbocycles. The van der Waals surface area contributed by atoms with Crippen molar-refractivity contribution in [3.05, 3.63) is 11.6 Å². The van der Waals surface area contributed by atoms with E-state index in [9.17, 15) is 9.90 Å². The standard InChI is InChI=1S/C7H6Cl3NO5/c8-7(9,10)2-16-6(14)3-1-4(12)11(15)5(3)13/h1,12-13,15H,2H2. The zero-order valence-electron chi connectivity index (χ0n) is 7.52. The van der Waals surface area contributed by atoms with Crippen molar-refractivity contribution in [1.82, 2.24) is 4.73 Å². The largest absolute Gasteiger partial charge is 0.492 e. The molecule has 0 aliphatic carbocycles. The Hall–Kier alpha value is -0.980. The van der Waals surface area contributed by atoms with Gasteiger partial charge >= 0.3 is 5.97 Å². The molecule has 1 aromatic rings. The molecule has 6 nitrogen and oxygen atoms in total. The highest BCUT2D eigenvalue weighted by atomic mass is 35.6. The van der Waals surface area contributed by atoms with Gasteiger partial charge in [-0.2, -0.15) is 0 Å². The second-order valence-electron chi connectivity index (χ2n) is 2.74. The van der Waals surface area contributed by atoms with Gasteiger partial charge in [-0.1, -0.05) is 34.8 Å². The molecule has 0 unspecified atom stereocenters. The number of hydrogen-bond donors (Lipinski definition) is 3. The molecular formula is C7H6Cl3NO5. The van der Waals surface area contributed by atoms with Gasteiger partial charge in [0.2, 0.25) is 15.6 Å². The van der Waals surface area contributed by atoms with Crippen molar-refractivity contribution in [1.29, 1.82) is 0 Å². The molecule has 0 saturated heterocycles. The molecule has 0 amide bonds. The van der Waals surface area contributed by atoms with E-state index in [4.69, 9.17) is 45.1 Å². The van der Waals surface area contributed by atoms with Crippen molar-refractivity contribution >= 4 is 40.8 Å². The van der Waals surface area contributed by atoms with Crippen LogP contribution in [-0.4, -0.2) is 36.5 Å². The maximum atomic E-state index is 11.3.